The third-order valence-electron chi connectivity index (χ3n) is 6.25. The molecule has 2 amide bonds. The van der Waals surface area contributed by atoms with Gasteiger partial charge in [0.15, 0.2) is 5.13 Å². The molecule has 0 radical (unpaired) electrons. The molecule has 1 atom stereocenters. The SMILES string of the molecule is COc1cccc(OC)c1C(=O)Nc1ccc(SC(C(=O)Nc2nc(-c3ccccc3Cl)cs2)c2ccccc2)cc1. The smallest absolute Gasteiger partial charge is 0.263 e. The largest absolute Gasteiger partial charge is 0.496 e. The Hall–Kier alpha value is -4.31. The number of rotatable bonds is 10. The molecule has 212 valence electrons. The van der Waals surface area contributed by atoms with E-state index in [0.29, 0.717) is 38.6 Å². The predicted octanol–water partition coefficient (Wildman–Crippen LogP) is 8.21. The molecule has 7 nitrogen and oxygen atoms in total. The van der Waals surface area contributed by atoms with Gasteiger partial charge in [-0.25, -0.2) is 4.98 Å². The van der Waals surface area contributed by atoms with Crippen molar-refractivity contribution in [3.8, 4) is 22.8 Å². The zero-order valence-electron chi connectivity index (χ0n) is 22.7. The predicted molar refractivity (Wildman–Crippen MR) is 170 cm³/mol. The Balaban J connectivity index is 1.31. The molecular weight excluding hydrogens is 590 g/mol. The van der Waals surface area contributed by atoms with Crippen LogP contribution in [0.4, 0.5) is 10.8 Å². The summed E-state index contributed by atoms with van der Waals surface area (Å²) in [7, 11) is 3.01. The number of hydrogen-bond donors (Lipinski definition) is 2. The fourth-order valence-corrected chi connectivity index (χ4v) is 6.19. The van der Waals surface area contributed by atoms with Crippen molar-refractivity contribution in [3.05, 3.63) is 119 Å². The number of carbonyl (C=O) groups is 2. The Morgan fingerprint density at radius 3 is 2.17 bits per heavy atom. The van der Waals surface area contributed by atoms with Crippen molar-refractivity contribution in [3.63, 3.8) is 0 Å². The lowest BCUT2D eigenvalue weighted by Gasteiger charge is -2.17. The molecule has 0 spiro atoms. The van der Waals surface area contributed by atoms with E-state index in [1.165, 1.54) is 37.3 Å². The number of thioether (sulfide) groups is 1. The molecule has 0 aliphatic heterocycles. The molecule has 10 heteroatoms. The maximum absolute atomic E-state index is 13.5. The number of nitrogens with one attached hydrogen (secondary N) is 2. The van der Waals surface area contributed by atoms with Crippen molar-refractivity contribution in [2.45, 2.75) is 10.1 Å². The van der Waals surface area contributed by atoms with E-state index in [2.05, 4.69) is 15.6 Å². The zero-order chi connectivity index (χ0) is 29.5. The number of hydrogen-bond acceptors (Lipinski definition) is 7. The highest BCUT2D eigenvalue weighted by atomic mass is 35.5. The number of carbonyl (C=O) groups excluding carboxylic acids is 2. The van der Waals surface area contributed by atoms with Gasteiger partial charge in [-0.2, -0.15) is 0 Å². The number of aromatic nitrogens is 1. The second-order valence-corrected chi connectivity index (χ2v) is 11.4. The molecule has 0 bridgehead atoms. The molecule has 1 aromatic heterocycles. The summed E-state index contributed by atoms with van der Waals surface area (Å²) in [6, 6.07) is 29.5. The summed E-state index contributed by atoms with van der Waals surface area (Å²) < 4.78 is 10.7. The third kappa shape index (κ3) is 6.76. The number of halogens is 1. The molecule has 0 fully saturated rings. The first-order chi connectivity index (χ1) is 20.5. The second-order valence-electron chi connectivity index (χ2n) is 8.93. The summed E-state index contributed by atoms with van der Waals surface area (Å²) in [6.45, 7) is 0. The minimum Gasteiger partial charge on any atom is -0.496 e. The molecule has 0 saturated heterocycles. The Morgan fingerprint density at radius 2 is 1.50 bits per heavy atom. The van der Waals surface area contributed by atoms with Gasteiger partial charge < -0.3 is 20.1 Å². The van der Waals surface area contributed by atoms with Gasteiger partial charge in [-0.1, -0.05) is 66.2 Å². The van der Waals surface area contributed by atoms with E-state index >= 15 is 0 Å². The van der Waals surface area contributed by atoms with Crippen molar-refractivity contribution in [2.24, 2.45) is 0 Å². The minimum absolute atomic E-state index is 0.202. The van der Waals surface area contributed by atoms with Gasteiger partial charge >= 0.3 is 0 Å². The van der Waals surface area contributed by atoms with Crippen LogP contribution in [0.1, 0.15) is 21.2 Å². The summed E-state index contributed by atoms with van der Waals surface area (Å²) in [5.74, 6) is 0.266. The van der Waals surface area contributed by atoms with Gasteiger partial charge in [0, 0.05) is 26.5 Å². The molecule has 0 aliphatic carbocycles. The molecule has 2 N–H and O–H groups in total. The van der Waals surface area contributed by atoms with Gasteiger partial charge in [0.1, 0.15) is 22.3 Å². The zero-order valence-corrected chi connectivity index (χ0v) is 25.1. The van der Waals surface area contributed by atoms with Crippen molar-refractivity contribution in [1.29, 1.82) is 0 Å². The van der Waals surface area contributed by atoms with Gasteiger partial charge in [-0.15, -0.1) is 23.1 Å². The molecule has 0 aliphatic rings. The summed E-state index contributed by atoms with van der Waals surface area (Å²) >= 11 is 9.08. The normalized spacial score (nSPS) is 11.4. The van der Waals surface area contributed by atoms with Gasteiger partial charge in [0.05, 0.1) is 19.9 Å². The molecule has 4 aromatic carbocycles. The van der Waals surface area contributed by atoms with E-state index in [9.17, 15) is 9.59 Å². The van der Waals surface area contributed by atoms with Gasteiger partial charge in [-0.05, 0) is 48.0 Å². The summed E-state index contributed by atoms with van der Waals surface area (Å²) in [4.78, 5) is 32.0. The van der Waals surface area contributed by atoms with E-state index in [4.69, 9.17) is 21.1 Å². The fourth-order valence-electron chi connectivity index (χ4n) is 4.22. The van der Waals surface area contributed by atoms with Crippen LogP contribution in [-0.2, 0) is 4.79 Å². The van der Waals surface area contributed by atoms with Crippen LogP contribution >= 0.6 is 34.7 Å². The number of benzene rings is 4. The molecule has 42 heavy (non-hydrogen) atoms. The second kappa shape index (κ2) is 13.6. The number of amides is 2. The monoisotopic (exact) mass is 615 g/mol. The van der Waals surface area contributed by atoms with Crippen LogP contribution < -0.4 is 20.1 Å². The molecule has 5 aromatic rings. The maximum atomic E-state index is 13.5. The Labute approximate surface area is 256 Å². The average molecular weight is 616 g/mol. The molecular formula is C32H26ClN3O4S2. The van der Waals surface area contributed by atoms with Crippen molar-refractivity contribution in [1.82, 2.24) is 4.98 Å². The van der Waals surface area contributed by atoms with Crippen molar-refractivity contribution >= 4 is 57.3 Å². The highest BCUT2D eigenvalue weighted by Crippen LogP contribution is 2.38. The molecule has 5 rings (SSSR count). The molecule has 0 saturated carbocycles. The highest BCUT2D eigenvalue weighted by molar-refractivity contribution is 8.00. The first-order valence-electron chi connectivity index (χ1n) is 12.8. The van der Waals surface area contributed by atoms with E-state index in [0.717, 1.165) is 16.0 Å². The number of anilines is 2. The maximum Gasteiger partial charge on any atom is 0.263 e. The number of ether oxygens (including phenoxy) is 2. The average Bonchev–Trinajstić information content (AvgIpc) is 3.48. The number of methoxy groups -OCH3 is 2. The lowest BCUT2D eigenvalue weighted by molar-refractivity contribution is -0.115. The van der Waals surface area contributed by atoms with Gasteiger partial charge in [0.2, 0.25) is 5.91 Å². The van der Waals surface area contributed by atoms with Crippen LogP contribution in [0.5, 0.6) is 11.5 Å². The van der Waals surface area contributed by atoms with Crippen LogP contribution in [0.3, 0.4) is 0 Å². The molecule has 1 unspecified atom stereocenters. The van der Waals surface area contributed by atoms with Crippen LogP contribution in [0, 0.1) is 0 Å². The first-order valence-corrected chi connectivity index (χ1v) is 15.0. The summed E-state index contributed by atoms with van der Waals surface area (Å²) in [6.07, 6.45) is 0. The van der Waals surface area contributed by atoms with E-state index < -0.39 is 5.25 Å². The number of thiazole rings is 1. The quantitative estimate of drug-likeness (QED) is 0.154. The summed E-state index contributed by atoms with van der Waals surface area (Å²) in [5.41, 5.74) is 3.26. The van der Waals surface area contributed by atoms with E-state index in [-0.39, 0.29) is 11.8 Å². The fraction of sp³-hybridized carbons (Fsp3) is 0.0938. The van der Waals surface area contributed by atoms with Gasteiger partial charge in [-0.3, -0.25) is 9.59 Å². The lowest BCUT2D eigenvalue weighted by Crippen LogP contribution is -2.19. The number of nitrogens with zero attached hydrogens (tertiary/aromatic N) is 1. The minimum atomic E-state index is -0.544. The topological polar surface area (TPSA) is 89.5 Å². The standard InChI is InChI=1S/C32H26ClN3O4S2/c1-39-26-13-8-14-27(40-2)28(26)30(37)34-21-15-17-22(18-16-21)42-29(20-9-4-3-5-10-20)31(38)36-32-35-25(19-41-32)23-11-6-7-12-24(23)33/h3-19,29H,1-2H3,(H,34,37)(H,35,36,38). The van der Waals surface area contributed by atoms with Crippen LogP contribution in [0.25, 0.3) is 11.3 Å². The van der Waals surface area contributed by atoms with Crippen LogP contribution in [0.2, 0.25) is 5.02 Å². The Bertz CT molecular complexity index is 1670. The van der Waals surface area contributed by atoms with Crippen molar-refractivity contribution in [2.75, 3.05) is 24.9 Å². The Morgan fingerprint density at radius 1 is 0.833 bits per heavy atom. The molecule has 1 heterocycles. The van der Waals surface area contributed by atoms with E-state index in [1.54, 1.807) is 30.3 Å². The van der Waals surface area contributed by atoms with Crippen LogP contribution in [0.15, 0.2) is 107 Å². The van der Waals surface area contributed by atoms with Gasteiger partial charge in [0.25, 0.3) is 5.91 Å². The van der Waals surface area contributed by atoms with Crippen molar-refractivity contribution < 1.29 is 19.1 Å². The lowest BCUT2D eigenvalue weighted by atomic mass is 10.1. The van der Waals surface area contributed by atoms with E-state index in [1.807, 2.05) is 72.1 Å². The first kappa shape index (κ1) is 29.2. The summed E-state index contributed by atoms with van der Waals surface area (Å²) in [5, 5.41) is 8.27. The third-order valence-corrected chi connectivity index (χ3v) is 8.60. The highest BCUT2D eigenvalue weighted by Gasteiger charge is 2.24. The van der Waals surface area contributed by atoms with Crippen LogP contribution in [-0.4, -0.2) is 31.0 Å². The Kier molecular flexibility index (Phi) is 9.43.